The molecule has 110 valence electrons. The van der Waals surface area contributed by atoms with Gasteiger partial charge in [0.15, 0.2) is 0 Å². The summed E-state index contributed by atoms with van der Waals surface area (Å²) in [6, 6.07) is -0.231. The third-order valence-corrected chi connectivity index (χ3v) is 3.12. The van der Waals surface area contributed by atoms with Crippen LogP contribution in [-0.2, 0) is 9.53 Å². The predicted molar refractivity (Wildman–Crippen MR) is 67.8 cm³/mol. The Hall–Kier alpha value is -1.34. The van der Waals surface area contributed by atoms with Gasteiger partial charge in [-0.2, -0.15) is 0 Å². The minimum atomic E-state index is -0.950. The Morgan fingerprint density at radius 1 is 1.53 bits per heavy atom. The molecular formula is C12H22N2O5. The average Bonchev–Trinajstić information content (AvgIpc) is 2.84. The number of amides is 2. The van der Waals surface area contributed by atoms with E-state index in [1.54, 1.807) is 11.8 Å². The van der Waals surface area contributed by atoms with Gasteiger partial charge in [0, 0.05) is 38.8 Å². The van der Waals surface area contributed by atoms with E-state index >= 15 is 0 Å². The Labute approximate surface area is 112 Å². The van der Waals surface area contributed by atoms with Crippen LogP contribution in [-0.4, -0.2) is 66.1 Å². The van der Waals surface area contributed by atoms with E-state index in [0.29, 0.717) is 19.7 Å². The number of ether oxygens (including phenoxy) is 1. The van der Waals surface area contributed by atoms with Crippen LogP contribution < -0.4 is 5.32 Å². The summed E-state index contributed by atoms with van der Waals surface area (Å²) in [6.45, 7) is 3.62. The Balaban J connectivity index is 2.33. The Morgan fingerprint density at radius 3 is 2.79 bits per heavy atom. The number of carbonyl (C=O) groups excluding carboxylic acids is 1. The van der Waals surface area contributed by atoms with Gasteiger partial charge in [-0.25, -0.2) is 4.79 Å². The van der Waals surface area contributed by atoms with Crippen LogP contribution in [0.2, 0.25) is 0 Å². The number of nitrogens with one attached hydrogen (secondary N) is 1. The third kappa shape index (κ3) is 5.44. The fourth-order valence-corrected chi connectivity index (χ4v) is 2.10. The molecule has 0 aromatic carbocycles. The molecule has 0 aromatic rings. The lowest BCUT2D eigenvalue weighted by Crippen LogP contribution is -2.43. The van der Waals surface area contributed by atoms with E-state index in [4.69, 9.17) is 14.9 Å². The Morgan fingerprint density at radius 2 is 2.26 bits per heavy atom. The third-order valence-electron chi connectivity index (χ3n) is 3.12. The summed E-state index contributed by atoms with van der Waals surface area (Å²) in [6.07, 6.45) is 0.157. The molecule has 1 fully saturated rings. The first-order valence-electron chi connectivity index (χ1n) is 6.53. The van der Waals surface area contributed by atoms with Crippen molar-refractivity contribution in [1.29, 1.82) is 0 Å². The SMILES string of the molecule is CCOC(CNC(=O)N1CCC(CO)C1)CC(=O)O. The van der Waals surface area contributed by atoms with Crippen molar-refractivity contribution < 1.29 is 24.5 Å². The second-order valence-corrected chi connectivity index (χ2v) is 4.64. The molecule has 1 aliphatic rings. The molecule has 7 nitrogen and oxygen atoms in total. The highest BCUT2D eigenvalue weighted by Gasteiger charge is 2.26. The van der Waals surface area contributed by atoms with Crippen molar-refractivity contribution in [3.05, 3.63) is 0 Å². The van der Waals surface area contributed by atoms with Crippen molar-refractivity contribution in [3.63, 3.8) is 0 Å². The van der Waals surface area contributed by atoms with E-state index < -0.39 is 12.1 Å². The van der Waals surface area contributed by atoms with Gasteiger partial charge in [-0.15, -0.1) is 0 Å². The highest BCUT2D eigenvalue weighted by molar-refractivity contribution is 5.74. The molecule has 1 saturated heterocycles. The quantitative estimate of drug-likeness (QED) is 0.601. The summed E-state index contributed by atoms with van der Waals surface area (Å²) >= 11 is 0. The molecule has 3 N–H and O–H groups in total. The van der Waals surface area contributed by atoms with E-state index in [9.17, 15) is 9.59 Å². The number of nitrogens with zero attached hydrogens (tertiary/aromatic N) is 1. The van der Waals surface area contributed by atoms with E-state index in [2.05, 4.69) is 5.32 Å². The number of aliphatic hydroxyl groups excluding tert-OH is 1. The van der Waals surface area contributed by atoms with E-state index in [1.807, 2.05) is 0 Å². The van der Waals surface area contributed by atoms with Gasteiger partial charge >= 0.3 is 12.0 Å². The molecule has 19 heavy (non-hydrogen) atoms. The molecule has 0 aliphatic carbocycles. The highest BCUT2D eigenvalue weighted by atomic mass is 16.5. The molecule has 0 spiro atoms. The van der Waals surface area contributed by atoms with Crippen LogP contribution in [0.4, 0.5) is 4.79 Å². The van der Waals surface area contributed by atoms with Crippen LogP contribution >= 0.6 is 0 Å². The topological polar surface area (TPSA) is 99.1 Å². The summed E-state index contributed by atoms with van der Waals surface area (Å²) in [5, 5.41) is 20.4. The molecule has 0 radical (unpaired) electrons. The van der Waals surface area contributed by atoms with Gasteiger partial charge in [0.25, 0.3) is 0 Å². The first kappa shape index (κ1) is 15.7. The number of aliphatic hydroxyl groups is 1. The van der Waals surface area contributed by atoms with Crippen LogP contribution in [0, 0.1) is 5.92 Å². The fourth-order valence-electron chi connectivity index (χ4n) is 2.10. The average molecular weight is 274 g/mol. The maximum atomic E-state index is 11.8. The van der Waals surface area contributed by atoms with Gasteiger partial charge in [0.2, 0.25) is 0 Å². The van der Waals surface area contributed by atoms with Gasteiger partial charge in [0.05, 0.1) is 12.5 Å². The number of aliphatic carboxylic acids is 1. The van der Waals surface area contributed by atoms with Crippen molar-refractivity contribution in [2.45, 2.75) is 25.9 Å². The van der Waals surface area contributed by atoms with Crippen LogP contribution in [0.15, 0.2) is 0 Å². The van der Waals surface area contributed by atoms with Gasteiger partial charge in [0.1, 0.15) is 0 Å². The van der Waals surface area contributed by atoms with E-state index in [1.165, 1.54) is 0 Å². The maximum absolute atomic E-state index is 11.8. The van der Waals surface area contributed by atoms with Crippen LogP contribution in [0.5, 0.6) is 0 Å². The van der Waals surface area contributed by atoms with E-state index in [0.717, 1.165) is 6.42 Å². The number of likely N-dealkylation sites (tertiary alicyclic amines) is 1. The highest BCUT2D eigenvalue weighted by Crippen LogP contribution is 2.15. The Kier molecular flexibility index (Phi) is 6.58. The molecule has 1 rings (SSSR count). The summed E-state index contributed by atoms with van der Waals surface area (Å²) in [5.74, 6) is -0.804. The molecule has 7 heteroatoms. The molecule has 1 heterocycles. The lowest BCUT2D eigenvalue weighted by atomic mass is 10.1. The molecule has 2 atom stereocenters. The van der Waals surface area contributed by atoms with Gasteiger partial charge in [-0.05, 0) is 13.3 Å². The molecule has 0 saturated carbocycles. The van der Waals surface area contributed by atoms with Crippen molar-refractivity contribution in [2.24, 2.45) is 5.92 Å². The van der Waals surface area contributed by atoms with Gasteiger partial charge < -0.3 is 25.2 Å². The maximum Gasteiger partial charge on any atom is 0.317 e. The van der Waals surface area contributed by atoms with Crippen molar-refractivity contribution in [1.82, 2.24) is 10.2 Å². The first-order valence-corrected chi connectivity index (χ1v) is 6.53. The zero-order valence-corrected chi connectivity index (χ0v) is 11.2. The standard InChI is InChI=1S/C12H22N2O5/c1-2-19-10(5-11(16)17)6-13-12(18)14-4-3-9(7-14)8-15/h9-10,15H,2-8H2,1H3,(H,13,18)(H,16,17). The first-order chi connectivity index (χ1) is 9.06. The molecule has 2 amide bonds. The fraction of sp³-hybridized carbons (Fsp3) is 0.833. The molecule has 0 aromatic heterocycles. The van der Waals surface area contributed by atoms with Crippen LogP contribution in [0.25, 0.3) is 0 Å². The predicted octanol–water partition coefficient (Wildman–Crippen LogP) is -0.110. The molecule has 2 unspecified atom stereocenters. The number of hydrogen-bond donors (Lipinski definition) is 3. The number of carboxylic acid groups (broad SMARTS) is 1. The summed E-state index contributed by atoms with van der Waals surface area (Å²) in [5.41, 5.74) is 0. The zero-order valence-electron chi connectivity index (χ0n) is 11.2. The normalized spacial score (nSPS) is 20.3. The lowest BCUT2D eigenvalue weighted by Gasteiger charge is -2.20. The monoisotopic (exact) mass is 274 g/mol. The molecule has 1 aliphatic heterocycles. The summed E-state index contributed by atoms with van der Waals surface area (Å²) in [7, 11) is 0. The number of hydrogen-bond acceptors (Lipinski definition) is 4. The largest absolute Gasteiger partial charge is 0.481 e. The molecular weight excluding hydrogens is 252 g/mol. The van der Waals surface area contributed by atoms with Crippen molar-refractivity contribution in [3.8, 4) is 0 Å². The van der Waals surface area contributed by atoms with Gasteiger partial charge in [-0.1, -0.05) is 0 Å². The Bertz CT molecular complexity index is 310. The molecule has 0 bridgehead atoms. The minimum absolute atomic E-state index is 0.0877. The second-order valence-electron chi connectivity index (χ2n) is 4.64. The number of urea groups is 1. The lowest BCUT2D eigenvalue weighted by molar-refractivity contribution is -0.140. The zero-order chi connectivity index (χ0) is 14.3. The van der Waals surface area contributed by atoms with Crippen molar-refractivity contribution in [2.75, 3.05) is 32.8 Å². The summed E-state index contributed by atoms with van der Waals surface area (Å²) in [4.78, 5) is 24.1. The number of carbonyl (C=O) groups is 2. The smallest absolute Gasteiger partial charge is 0.317 e. The van der Waals surface area contributed by atoms with E-state index in [-0.39, 0.29) is 31.5 Å². The van der Waals surface area contributed by atoms with Gasteiger partial charge in [-0.3, -0.25) is 4.79 Å². The second kappa shape index (κ2) is 7.96. The van der Waals surface area contributed by atoms with Crippen molar-refractivity contribution >= 4 is 12.0 Å². The summed E-state index contributed by atoms with van der Waals surface area (Å²) < 4.78 is 5.25. The van der Waals surface area contributed by atoms with Crippen LogP contribution in [0.3, 0.4) is 0 Å². The minimum Gasteiger partial charge on any atom is -0.481 e. The number of carboxylic acids is 1. The number of rotatable bonds is 7. The van der Waals surface area contributed by atoms with Crippen LogP contribution in [0.1, 0.15) is 19.8 Å².